The fraction of sp³-hybridized carbons (Fsp3) is 0.523. The summed E-state index contributed by atoms with van der Waals surface area (Å²) >= 11 is 0. The fourth-order valence-electron chi connectivity index (χ4n) is 7.93. The Labute approximate surface area is 344 Å². The highest BCUT2D eigenvalue weighted by molar-refractivity contribution is 5.90. The zero-order chi connectivity index (χ0) is 44.0. The number of aliphatic hydroxyl groups is 2. The third kappa shape index (κ3) is 10.4. The molecule has 0 aliphatic heterocycles. The summed E-state index contributed by atoms with van der Waals surface area (Å²) in [6, 6.07) is 10.8. The monoisotopic (exact) mass is 821 g/mol. The molecule has 1 aromatic heterocycles. The predicted molar refractivity (Wildman–Crippen MR) is 210 cm³/mol. The topological polar surface area (TPSA) is 211 Å². The maximum atomic E-state index is 13.9. The SMILES string of the molecule is C=C1[C@H](OC(=O)C(C)CC)[C@H](O)[C@@H](OC(=O)c2cccnc2)C(C)(C)/C=C/[C@H](C)[C@H](OC(C)=O)[C@@]2(O)C[C@@](C)(OC(C)=O)[C@H](OC(=O)c3ccccc3)[C@@H]2[C@H]1OC(C)=O. The lowest BCUT2D eigenvalue weighted by Gasteiger charge is -2.45. The van der Waals surface area contributed by atoms with Crippen LogP contribution in [0.25, 0.3) is 0 Å². The lowest BCUT2D eigenvalue weighted by Crippen LogP contribution is -2.59. The third-order valence-corrected chi connectivity index (χ3v) is 10.9. The number of nitrogens with zero attached hydrogens (tertiary/aromatic N) is 1. The van der Waals surface area contributed by atoms with Gasteiger partial charge in [0.05, 0.1) is 23.0 Å². The van der Waals surface area contributed by atoms with Gasteiger partial charge in [-0.25, -0.2) is 9.59 Å². The molecular formula is C44H55NO14. The van der Waals surface area contributed by atoms with Crippen LogP contribution < -0.4 is 0 Å². The Morgan fingerprint density at radius 3 is 1.97 bits per heavy atom. The van der Waals surface area contributed by atoms with E-state index < -0.39 is 113 Å². The first-order valence-electron chi connectivity index (χ1n) is 19.5. The van der Waals surface area contributed by atoms with E-state index >= 15 is 0 Å². The molecule has 11 atom stereocenters. The molecule has 15 heteroatoms. The number of esters is 6. The number of aromatic nitrogens is 1. The minimum absolute atomic E-state index is 0.0440. The van der Waals surface area contributed by atoms with Crippen molar-refractivity contribution in [3.8, 4) is 0 Å². The Bertz CT molecular complexity index is 1910. The van der Waals surface area contributed by atoms with Gasteiger partial charge in [0.2, 0.25) is 0 Å². The number of aliphatic hydroxyl groups excluding tert-OH is 1. The van der Waals surface area contributed by atoms with E-state index in [4.69, 9.17) is 28.4 Å². The van der Waals surface area contributed by atoms with Crippen LogP contribution in [0.4, 0.5) is 0 Å². The first kappa shape index (κ1) is 46.3. The second-order valence-corrected chi connectivity index (χ2v) is 16.2. The van der Waals surface area contributed by atoms with Crippen LogP contribution in [0.2, 0.25) is 0 Å². The van der Waals surface area contributed by atoms with Crippen LogP contribution in [-0.4, -0.2) is 98.8 Å². The van der Waals surface area contributed by atoms with Crippen molar-refractivity contribution < 1.29 is 67.4 Å². The molecule has 4 rings (SSSR count). The van der Waals surface area contributed by atoms with Crippen LogP contribution in [0.1, 0.15) is 95.9 Å². The van der Waals surface area contributed by atoms with Gasteiger partial charge >= 0.3 is 35.8 Å². The van der Waals surface area contributed by atoms with E-state index in [-0.39, 0.29) is 16.7 Å². The van der Waals surface area contributed by atoms with E-state index in [1.165, 1.54) is 43.6 Å². The van der Waals surface area contributed by atoms with Crippen molar-refractivity contribution in [2.45, 2.75) is 123 Å². The van der Waals surface area contributed by atoms with Gasteiger partial charge in [0, 0.05) is 56.5 Å². The van der Waals surface area contributed by atoms with Gasteiger partial charge in [-0.1, -0.05) is 71.5 Å². The van der Waals surface area contributed by atoms with Crippen LogP contribution >= 0.6 is 0 Å². The zero-order valence-corrected chi connectivity index (χ0v) is 34.9. The highest BCUT2D eigenvalue weighted by atomic mass is 16.6. The van der Waals surface area contributed by atoms with Crippen molar-refractivity contribution in [1.29, 1.82) is 0 Å². The lowest BCUT2D eigenvalue weighted by molar-refractivity contribution is -0.193. The maximum Gasteiger partial charge on any atom is 0.340 e. The first-order chi connectivity index (χ1) is 27.6. The van der Waals surface area contributed by atoms with Crippen LogP contribution in [0.3, 0.4) is 0 Å². The number of carbonyl (C=O) groups excluding carboxylic acids is 6. The quantitative estimate of drug-likeness (QED) is 0.186. The highest BCUT2D eigenvalue weighted by Gasteiger charge is 2.70. The average Bonchev–Trinajstić information content (AvgIpc) is 3.39. The molecule has 1 aromatic carbocycles. The molecule has 0 amide bonds. The molecule has 0 radical (unpaired) electrons. The minimum Gasteiger partial charge on any atom is -0.459 e. The van der Waals surface area contributed by atoms with Crippen LogP contribution in [-0.2, 0) is 47.6 Å². The van der Waals surface area contributed by atoms with Gasteiger partial charge < -0.3 is 38.6 Å². The molecule has 2 N–H and O–H groups in total. The largest absolute Gasteiger partial charge is 0.459 e. The van der Waals surface area contributed by atoms with Gasteiger partial charge in [-0.2, -0.15) is 0 Å². The molecule has 2 aliphatic rings. The van der Waals surface area contributed by atoms with Gasteiger partial charge in [0.1, 0.15) is 35.6 Å². The highest BCUT2D eigenvalue weighted by Crippen LogP contribution is 2.54. The summed E-state index contributed by atoms with van der Waals surface area (Å²) in [6.07, 6.45) is -4.74. The van der Waals surface area contributed by atoms with E-state index in [0.29, 0.717) is 6.42 Å². The second-order valence-electron chi connectivity index (χ2n) is 16.2. The van der Waals surface area contributed by atoms with E-state index in [9.17, 15) is 39.0 Å². The van der Waals surface area contributed by atoms with Crippen LogP contribution in [0.5, 0.6) is 0 Å². The number of rotatable bonds is 10. The molecule has 1 fully saturated rings. The number of pyridine rings is 1. The number of benzene rings is 1. The van der Waals surface area contributed by atoms with Gasteiger partial charge in [-0.05, 0) is 37.6 Å². The molecule has 0 spiro atoms. The molecule has 1 unspecified atom stereocenters. The standard InChI is InChI=1S/C44H55NO14/c1-11-24(2)39(50)56-35-26(4)34(54-27(5)46)32-37(57-40(51)30-16-13-12-14-17-30)43(10,59-29(7)48)23-44(32,53)36(55-28(6)47)25(3)19-20-42(8,9)38(33(35)49)58-41(52)31-18-15-21-45-22-31/h12-22,24-25,32-38,49,53H,4,11,23H2,1-3,5-10H3/b20-19+/t24?,25-,32-,33-,34-,35-,36-,37+,38+,43+,44+/m0/s1. The number of hydrogen-bond acceptors (Lipinski definition) is 15. The molecule has 15 nitrogen and oxygen atoms in total. The number of fused-ring (bicyclic) bond motifs is 1. The van der Waals surface area contributed by atoms with Gasteiger partial charge in [0.15, 0.2) is 12.2 Å². The summed E-state index contributed by atoms with van der Waals surface area (Å²) in [7, 11) is 0. The summed E-state index contributed by atoms with van der Waals surface area (Å²) < 4.78 is 36.0. The Kier molecular flexibility index (Phi) is 14.6. The Hall–Kier alpha value is -5.41. The van der Waals surface area contributed by atoms with Gasteiger partial charge in [0.25, 0.3) is 0 Å². The Morgan fingerprint density at radius 2 is 1.41 bits per heavy atom. The predicted octanol–water partition coefficient (Wildman–Crippen LogP) is 4.88. The second kappa shape index (κ2) is 18.7. The number of carbonyl (C=O) groups is 6. The van der Waals surface area contributed by atoms with Crippen molar-refractivity contribution >= 4 is 35.8 Å². The molecule has 1 heterocycles. The Morgan fingerprint density at radius 1 is 0.814 bits per heavy atom. The molecule has 1 saturated carbocycles. The van der Waals surface area contributed by atoms with Crippen molar-refractivity contribution in [2.24, 2.45) is 23.2 Å². The van der Waals surface area contributed by atoms with Crippen molar-refractivity contribution in [2.75, 3.05) is 0 Å². The van der Waals surface area contributed by atoms with Crippen molar-refractivity contribution in [3.63, 3.8) is 0 Å². The van der Waals surface area contributed by atoms with E-state index in [2.05, 4.69) is 11.6 Å². The normalized spacial score (nSPS) is 31.4. The molecule has 2 aromatic rings. The van der Waals surface area contributed by atoms with Crippen LogP contribution in [0, 0.1) is 23.2 Å². The number of ether oxygens (including phenoxy) is 6. The first-order valence-corrected chi connectivity index (χ1v) is 19.5. The molecule has 2 aliphatic carbocycles. The summed E-state index contributed by atoms with van der Waals surface area (Å²) in [5.74, 6) is -8.57. The smallest absolute Gasteiger partial charge is 0.340 e. The van der Waals surface area contributed by atoms with E-state index in [1.54, 1.807) is 65.0 Å². The summed E-state index contributed by atoms with van der Waals surface area (Å²) in [4.78, 5) is 84.2. The third-order valence-electron chi connectivity index (χ3n) is 10.9. The van der Waals surface area contributed by atoms with Gasteiger partial charge in [-0.15, -0.1) is 0 Å². The summed E-state index contributed by atoms with van der Waals surface area (Å²) in [5, 5.41) is 25.8. The van der Waals surface area contributed by atoms with E-state index in [1.807, 2.05) is 0 Å². The summed E-state index contributed by atoms with van der Waals surface area (Å²) in [6.45, 7) is 17.1. The van der Waals surface area contributed by atoms with Crippen LogP contribution in [0.15, 0.2) is 79.2 Å². The molecule has 0 bridgehead atoms. The molecule has 59 heavy (non-hydrogen) atoms. The van der Waals surface area contributed by atoms with E-state index in [0.717, 1.165) is 20.8 Å². The maximum absolute atomic E-state index is 13.9. The fourth-order valence-corrected chi connectivity index (χ4v) is 7.93. The van der Waals surface area contributed by atoms with Crippen molar-refractivity contribution in [1.82, 2.24) is 4.98 Å². The van der Waals surface area contributed by atoms with Crippen molar-refractivity contribution in [3.05, 3.63) is 90.3 Å². The molecule has 0 saturated heterocycles. The number of hydrogen-bond donors (Lipinski definition) is 2. The Balaban J connectivity index is 2.09. The summed E-state index contributed by atoms with van der Waals surface area (Å²) in [5.41, 5.74) is -5.83. The van der Waals surface area contributed by atoms with Gasteiger partial charge in [-0.3, -0.25) is 24.2 Å². The molecular weight excluding hydrogens is 766 g/mol. The average molecular weight is 822 g/mol. The lowest BCUT2D eigenvalue weighted by atomic mass is 9.71. The molecule has 320 valence electrons. The zero-order valence-electron chi connectivity index (χ0n) is 34.9. The minimum atomic E-state index is -2.39.